The van der Waals surface area contributed by atoms with Gasteiger partial charge in [-0.25, -0.2) is 0 Å². The Hall–Kier alpha value is -2.35. The van der Waals surface area contributed by atoms with Crippen molar-refractivity contribution in [3.8, 4) is 6.07 Å². The van der Waals surface area contributed by atoms with Crippen LogP contribution in [-0.4, -0.2) is 24.9 Å². The number of amides is 2. The van der Waals surface area contributed by atoms with Crippen molar-refractivity contribution in [2.75, 3.05) is 13.1 Å². The van der Waals surface area contributed by atoms with E-state index < -0.39 is 0 Å². The van der Waals surface area contributed by atoms with Crippen LogP contribution in [0.5, 0.6) is 0 Å². The molecule has 100 valence electrons. The van der Waals surface area contributed by atoms with Crippen molar-refractivity contribution < 1.29 is 9.59 Å². The highest BCUT2D eigenvalue weighted by molar-refractivity contribution is 5.94. The molecule has 0 aliphatic rings. The summed E-state index contributed by atoms with van der Waals surface area (Å²) in [5, 5.41) is 14.1. The van der Waals surface area contributed by atoms with Gasteiger partial charge in [-0.15, -0.1) is 0 Å². The first-order valence-corrected chi connectivity index (χ1v) is 6.10. The summed E-state index contributed by atoms with van der Waals surface area (Å²) < 4.78 is 0. The van der Waals surface area contributed by atoms with Crippen LogP contribution in [0, 0.1) is 17.2 Å². The molecule has 5 heteroatoms. The molecule has 0 saturated heterocycles. The summed E-state index contributed by atoms with van der Waals surface area (Å²) in [6.07, 6.45) is 0. The average Bonchev–Trinajstić information content (AvgIpc) is 2.43. The second kappa shape index (κ2) is 7.17. The van der Waals surface area contributed by atoms with Crippen LogP contribution in [-0.2, 0) is 4.79 Å². The summed E-state index contributed by atoms with van der Waals surface area (Å²) in [4.78, 5) is 23.0. The van der Waals surface area contributed by atoms with Crippen LogP contribution in [0.2, 0.25) is 0 Å². The Balaban J connectivity index is 2.35. The Bertz CT molecular complexity index is 486. The van der Waals surface area contributed by atoms with Gasteiger partial charge in [0.15, 0.2) is 0 Å². The zero-order chi connectivity index (χ0) is 14.3. The number of hydrogen-bond donors (Lipinski definition) is 2. The maximum atomic E-state index is 11.7. The normalized spacial score (nSPS) is 9.79. The van der Waals surface area contributed by atoms with Gasteiger partial charge >= 0.3 is 0 Å². The van der Waals surface area contributed by atoms with E-state index >= 15 is 0 Å². The first-order chi connectivity index (χ1) is 9.04. The molecule has 5 nitrogen and oxygen atoms in total. The molecule has 1 rings (SSSR count). The molecule has 0 aliphatic heterocycles. The van der Waals surface area contributed by atoms with Crippen LogP contribution in [0.15, 0.2) is 24.3 Å². The number of carbonyl (C=O) groups is 2. The minimum atomic E-state index is -0.219. The monoisotopic (exact) mass is 259 g/mol. The highest BCUT2D eigenvalue weighted by Gasteiger charge is 2.07. The van der Waals surface area contributed by atoms with E-state index in [1.54, 1.807) is 24.3 Å². The molecule has 2 N–H and O–H groups in total. The average molecular weight is 259 g/mol. The van der Waals surface area contributed by atoms with E-state index in [9.17, 15) is 9.59 Å². The van der Waals surface area contributed by atoms with Gasteiger partial charge in [0.05, 0.1) is 11.6 Å². The van der Waals surface area contributed by atoms with Gasteiger partial charge in [-0.1, -0.05) is 13.8 Å². The number of benzene rings is 1. The van der Waals surface area contributed by atoms with Crippen LogP contribution in [0.1, 0.15) is 29.8 Å². The molecule has 0 saturated carbocycles. The fraction of sp³-hybridized carbons (Fsp3) is 0.357. The third-order valence-corrected chi connectivity index (χ3v) is 2.51. The molecular weight excluding hydrogens is 242 g/mol. The van der Waals surface area contributed by atoms with E-state index in [4.69, 9.17) is 5.26 Å². The maximum absolute atomic E-state index is 11.7. The van der Waals surface area contributed by atoms with Crippen molar-refractivity contribution in [2.45, 2.75) is 13.8 Å². The van der Waals surface area contributed by atoms with Gasteiger partial charge in [0.25, 0.3) is 5.91 Å². The molecule has 0 aromatic heterocycles. The fourth-order valence-corrected chi connectivity index (χ4v) is 1.36. The van der Waals surface area contributed by atoms with Crippen molar-refractivity contribution in [1.29, 1.82) is 5.26 Å². The first kappa shape index (κ1) is 14.7. The van der Waals surface area contributed by atoms with Crippen molar-refractivity contribution >= 4 is 11.8 Å². The Kier molecular flexibility index (Phi) is 5.55. The number of nitriles is 1. The van der Waals surface area contributed by atoms with Gasteiger partial charge in [-0.3, -0.25) is 9.59 Å². The van der Waals surface area contributed by atoms with E-state index in [1.807, 2.05) is 19.9 Å². The van der Waals surface area contributed by atoms with Gasteiger partial charge in [-0.05, 0) is 24.3 Å². The summed E-state index contributed by atoms with van der Waals surface area (Å²) in [6, 6.07) is 8.37. The molecule has 1 aromatic carbocycles. The lowest BCUT2D eigenvalue weighted by Crippen LogP contribution is -2.36. The van der Waals surface area contributed by atoms with Gasteiger partial charge in [-0.2, -0.15) is 5.26 Å². The van der Waals surface area contributed by atoms with Gasteiger partial charge in [0.2, 0.25) is 5.91 Å². The molecule has 1 aromatic rings. The number of nitrogens with one attached hydrogen (secondary N) is 2. The highest BCUT2D eigenvalue weighted by atomic mass is 16.2. The van der Waals surface area contributed by atoms with E-state index in [-0.39, 0.29) is 17.7 Å². The summed E-state index contributed by atoms with van der Waals surface area (Å²) in [6.45, 7) is 4.39. The number of hydrogen-bond acceptors (Lipinski definition) is 3. The largest absolute Gasteiger partial charge is 0.354 e. The summed E-state index contributed by atoms with van der Waals surface area (Å²) in [5.41, 5.74) is 1.01. The molecule has 0 unspecified atom stereocenters. The molecule has 0 bridgehead atoms. The second-order valence-electron chi connectivity index (χ2n) is 4.39. The molecule has 0 radical (unpaired) electrons. The Morgan fingerprint density at radius 3 is 2.26 bits per heavy atom. The molecule has 0 fully saturated rings. The summed E-state index contributed by atoms with van der Waals surface area (Å²) in [7, 11) is 0. The van der Waals surface area contributed by atoms with Gasteiger partial charge < -0.3 is 10.6 Å². The number of rotatable bonds is 5. The molecule has 0 atom stereocenters. The Labute approximate surface area is 112 Å². The van der Waals surface area contributed by atoms with E-state index in [1.165, 1.54) is 0 Å². The van der Waals surface area contributed by atoms with Crippen molar-refractivity contribution in [2.24, 2.45) is 5.92 Å². The Morgan fingerprint density at radius 1 is 1.16 bits per heavy atom. The van der Waals surface area contributed by atoms with Crippen LogP contribution in [0.3, 0.4) is 0 Å². The third-order valence-electron chi connectivity index (χ3n) is 2.51. The maximum Gasteiger partial charge on any atom is 0.251 e. The third kappa shape index (κ3) is 4.80. The lowest BCUT2D eigenvalue weighted by atomic mass is 10.1. The van der Waals surface area contributed by atoms with Crippen LogP contribution in [0.4, 0.5) is 0 Å². The number of carbonyl (C=O) groups excluding carboxylic acids is 2. The minimum absolute atomic E-state index is 0.0346. The molecule has 2 amide bonds. The quantitative estimate of drug-likeness (QED) is 0.776. The predicted molar refractivity (Wildman–Crippen MR) is 71.3 cm³/mol. The van der Waals surface area contributed by atoms with E-state index in [2.05, 4.69) is 10.6 Å². The second-order valence-corrected chi connectivity index (χ2v) is 4.39. The summed E-state index contributed by atoms with van der Waals surface area (Å²) in [5.74, 6) is -0.315. The minimum Gasteiger partial charge on any atom is -0.354 e. The first-order valence-electron chi connectivity index (χ1n) is 6.10. The highest BCUT2D eigenvalue weighted by Crippen LogP contribution is 2.02. The zero-order valence-corrected chi connectivity index (χ0v) is 11.1. The lowest BCUT2D eigenvalue weighted by molar-refractivity contribution is -0.123. The van der Waals surface area contributed by atoms with Crippen molar-refractivity contribution in [3.63, 3.8) is 0 Å². The molecular formula is C14H17N3O2. The van der Waals surface area contributed by atoms with Crippen LogP contribution >= 0.6 is 0 Å². The van der Waals surface area contributed by atoms with Crippen molar-refractivity contribution in [3.05, 3.63) is 35.4 Å². The van der Waals surface area contributed by atoms with Gasteiger partial charge in [0.1, 0.15) is 0 Å². The molecule has 19 heavy (non-hydrogen) atoms. The Morgan fingerprint density at radius 2 is 1.74 bits per heavy atom. The van der Waals surface area contributed by atoms with Gasteiger partial charge in [0, 0.05) is 24.6 Å². The van der Waals surface area contributed by atoms with Crippen LogP contribution in [0.25, 0.3) is 0 Å². The summed E-state index contributed by atoms with van der Waals surface area (Å²) >= 11 is 0. The van der Waals surface area contributed by atoms with E-state index in [0.717, 1.165) is 0 Å². The standard InChI is InChI=1S/C14H17N3O2/c1-10(2)13(18)16-7-8-17-14(19)12-5-3-11(9-15)4-6-12/h3-6,10H,7-8H2,1-2H3,(H,16,18)(H,17,19). The predicted octanol–water partition coefficient (Wildman–Crippen LogP) is 1.06. The molecule has 0 heterocycles. The molecule has 0 aliphatic carbocycles. The van der Waals surface area contributed by atoms with E-state index in [0.29, 0.717) is 24.2 Å². The zero-order valence-electron chi connectivity index (χ0n) is 11.1. The fourth-order valence-electron chi connectivity index (χ4n) is 1.36. The van der Waals surface area contributed by atoms with Crippen molar-refractivity contribution in [1.82, 2.24) is 10.6 Å². The lowest BCUT2D eigenvalue weighted by Gasteiger charge is -2.08. The topological polar surface area (TPSA) is 82.0 Å². The van der Waals surface area contributed by atoms with Crippen LogP contribution < -0.4 is 10.6 Å². The smallest absolute Gasteiger partial charge is 0.251 e. The number of nitrogens with zero attached hydrogens (tertiary/aromatic N) is 1. The SMILES string of the molecule is CC(C)C(=O)NCCNC(=O)c1ccc(C#N)cc1. The molecule has 0 spiro atoms.